The highest BCUT2D eigenvalue weighted by Crippen LogP contribution is 2.37. The molecule has 1 aromatic rings. The molecule has 1 fully saturated rings. The van der Waals surface area contributed by atoms with Gasteiger partial charge in [-0.05, 0) is 74.6 Å². The van der Waals surface area contributed by atoms with Gasteiger partial charge in [-0.1, -0.05) is 27.7 Å². The summed E-state index contributed by atoms with van der Waals surface area (Å²) in [5.74, 6) is 1.62. The Kier molecular flexibility index (Phi) is 6.31. The van der Waals surface area contributed by atoms with Crippen LogP contribution < -0.4 is 10.1 Å². The molecule has 2 rings (SSSR count). The minimum atomic E-state index is 0.0318. The van der Waals surface area contributed by atoms with Gasteiger partial charge in [0.05, 0.1) is 6.10 Å². The van der Waals surface area contributed by atoms with Gasteiger partial charge in [-0.3, -0.25) is 4.79 Å². The Morgan fingerprint density at radius 3 is 2.25 bits per heavy atom. The standard InChI is InChI=1S/C21H33NO2/c1-6-15(2)24-19-13-7-16(8-14-19)20(23)22-18-11-9-17(10-12-18)21(3,4)5/h7-8,13-15,17-18H,6,9-12H2,1-5H3,(H,22,23). The van der Waals surface area contributed by atoms with Gasteiger partial charge in [-0.25, -0.2) is 0 Å². The average Bonchev–Trinajstić information content (AvgIpc) is 2.55. The second kappa shape index (κ2) is 8.04. The maximum Gasteiger partial charge on any atom is 0.251 e. The summed E-state index contributed by atoms with van der Waals surface area (Å²) >= 11 is 0. The lowest BCUT2D eigenvalue weighted by atomic mass is 9.71. The summed E-state index contributed by atoms with van der Waals surface area (Å²) in [6, 6.07) is 7.80. The van der Waals surface area contributed by atoms with Crippen LogP contribution in [0.4, 0.5) is 0 Å². The number of carbonyl (C=O) groups excluding carboxylic acids is 1. The lowest BCUT2D eigenvalue weighted by molar-refractivity contribution is 0.0904. The largest absolute Gasteiger partial charge is 0.491 e. The monoisotopic (exact) mass is 331 g/mol. The third-order valence-corrected chi connectivity index (χ3v) is 5.32. The first kappa shape index (κ1) is 18.8. The number of ether oxygens (including phenoxy) is 1. The van der Waals surface area contributed by atoms with Gasteiger partial charge < -0.3 is 10.1 Å². The Hall–Kier alpha value is -1.51. The minimum absolute atomic E-state index is 0.0318. The molecule has 0 aliphatic heterocycles. The Morgan fingerprint density at radius 2 is 1.75 bits per heavy atom. The van der Waals surface area contributed by atoms with Crippen molar-refractivity contribution in [3.05, 3.63) is 29.8 Å². The molecule has 0 heterocycles. The van der Waals surface area contributed by atoms with Crippen molar-refractivity contribution in [2.24, 2.45) is 11.3 Å². The van der Waals surface area contributed by atoms with Crippen LogP contribution in [-0.2, 0) is 0 Å². The van der Waals surface area contributed by atoms with E-state index in [1.54, 1.807) is 0 Å². The highest BCUT2D eigenvalue weighted by Gasteiger charge is 2.30. The number of carbonyl (C=O) groups is 1. The lowest BCUT2D eigenvalue weighted by Crippen LogP contribution is -2.39. The van der Waals surface area contributed by atoms with Gasteiger partial charge in [0.25, 0.3) is 5.91 Å². The molecule has 1 amide bonds. The van der Waals surface area contributed by atoms with E-state index in [0.717, 1.165) is 30.9 Å². The number of nitrogens with one attached hydrogen (secondary N) is 1. The van der Waals surface area contributed by atoms with Crippen molar-refractivity contribution in [2.75, 3.05) is 0 Å². The number of benzene rings is 1. The SMILES string of the molecule is CCC(C)Oc1ccc(C(=O)NC2CCC(C(C)(C)C)CC2)cc1. The highest BCUT2D eigenvalue weighted by molar-refractivity contribution is 5.94. The maximum absolute atomic E-state index is 12.4. The number of rotatable bonds is 5. The van der Waals surface area contributed by atoms with Gasteiger partial charge >= 0.3 is 0 Å². The van der Waals surface area contributed by atoms with Gasteiger partial charge in [0.1, 0.15) is 5.75 Å². The third-order valence-electron chi connectivity index (χ3n) is 5.32. The molecule has 134 valence electrons. The van der Waals surface area contributed by atoms with Crippen molar-refractivity contribution in [2.45, 2.75) is 78.9 Å². The molecular weight excluding hydrogens is 298 g/mol. The van der Waals surface area contributed by atoms with Crippen LogP contribution >= 0.6 is 0 Å². The summed E-state index contributed by atoms with van der Waals surface area (Å²) in [7, 11) is 0. The predicted molar refractivity (Wildman–Crippen MR) is 99.5 cm³/mol. The molecule has 0 spiro atoms. The topological polar surface area (TPSA) is 38.3 Å². The molecular formula is C21H33NO2. The van der Waals surface area contributed by atoms with Gasteiger partial charge in [-0.15, -0.1) is 0 Å². The molecule has 1 saturated carbocycles. The van der Waals surface area contributed by atoms with E-state index in [1.807, 2.05) is 24.3 Å². The molecule has 3 nitrogen and oxygen atoms in total. The molecule has 1 aliphatic rings. The molecule has 3 heteroatoms. The van der Waals surface area contributed by atoms with Crippen LogP contribution in [0.3, 0.4) is 0 Å². The zero-order valence-corrected chi connectivity index (χ0v) is 15.9. The van der Waals surface area contributed by atoms with Gasteiger partial charge in [0.15, 0.2) is 0 Å². The molecule has 1 N–H and O–H groups in total. The Morgan fingerprint density at radius 1 is 1.17 bits per heavy atom. The van der Waals surface area contributed by atoms with E-state index in [4.69, 9.17) is 4.74 Å². The first-order valence-electron chi connectivity index (χ1n) is 9.37. The van der Waals surface area contributed by atoms with Gasteiger partial charge in [-0.2, -0.15) is 0 Å². The summed E-state index contributed by atoms with van der Waals surface area (Å²) in [6.45, 7) is 11.1. The fraction of sp³-hybridized carbons (Fsp3) is 0.667. The first-order chi connectivity index (χ1) is 11.3. The molecule has 1 atom stereocenters. The van der Waals surface area contributed by atoms with Gasteiger partial charge in [0, 0.05) is 11.6 Å². The second-order valence-corrected chi connectivity index (χ2v) is 8.25. The molecule has 1 aromatic carbocycles. The average molecular weight is 332 g/mol. The van der Waals surface area contributed by atoms with Crippen LogP contribution in [0.15, 0.2) is 24.3 Å². The van der Waals surface area contributed by atoms with Crippen LogP contribution in [0.2, 0.25) is 0 Å². The van der Waals surface area contributed by atoms with Crippen LogP contribution in [0, 0.1) is 11.3 Å². The predicted octanol–water partition coefficient (Wildman–Crippen LogP) is 5.20. The zero-order chi connectivity index (χ0) is 17.7. The van der Waals surface area contributed by atoms with Crippen molar-refractivity contribution in [3.8, 4) is 5.75 Å². The van der Waals surface area contributed by atoms with E-state index in [0.29, 0.717) is 17.0 Å². The first-order valence-corrected chi connectivity index (χ1v) is 9.37. The Bertz CT molecular complexity index is 522. The van der Waals surface area contributed by atoms with E-state index in [-0.39, 0.29) is 12.0 Å². The second-order valence-electron chi connectivity index (χ2n) is 8.25. The molecule has 0 bridgehead atoms. The van der Waals surface area contributed by atoms with Crippen molar-refractivity contribution < 1.29 is 9.53 Å². The summed E-state index contributed by atoms with van der Waals surface area (Å²) < 4.78 is 5.76. The fourth-order valence-corrected chi connectivity index (χ4v) is 3.37. The summed E-state index contributed by atoms with van der Waals surface area (Å²) in [4.78, 5) is 12.4. The fourth-order valence-electron chi connectivity index (χ4n) is 3.37. The van der Waals surface area contributed by atoms with E-state index in [2.05, 4.69) is 39.9 Å². The van der Waals surface area contributed by atoms with Crippen molar-refractivity contribution in [1.82, 2.24) is 5.32 Å². The highest BCUT2D eigenvalue weighted by atomic mass is 16.5. The zero-order valence-electron chi connectivity index (χ0n) is 15.9. The summed E-state index contributed by atoms with van der Waals surface area (Å²) in [6.07, 6.45) is 5.75. The quantitative estimate of drug-likeness (QED) is 0.805. The molecule has 0 aromatic heterocycles. The summed E-state index contributed by atoms with van der Waals surface area (Å²) in [5, 5.41) is 3.20. The molecule has 0 radical (unpaired) electrons. The molecule has 0 saturated heterocycles. The van der Waals surface area contributed by atoms with Crippen LogP contribution in [0.25, 0.3) is 0 Å². The minimum Gasteiger partial charge on any atom is -0.491 e. The van der Waals surface area contributed by atoms with Crippen molar-refractivity contribution in [1.29, 1.82) is 0 Å². The smallest absolute Gasteiger partial charge is 0.251 e. The maximum atomic E-state index is 12.4. The lowest BCUT2D eigenvalue weighted by Gasteiger charge is -2.37. The van der Waals surface area contributed by atoms with E-state index < -0.39 is 0 Å². The van der Waals surface area contributed by atoms with Crippen LogP contribution in [-0.4, -0.2) is 18.1 Å². The molecule has 24 heavy (non-hydrogen) atoms. The Balaban J connectivity index is 1.85. The van der Waals surface area contributed by atoms with Crippen LogP contribution in [0.1, 0.15) is 77.1 Å². The Labute approximate surface area is 147 Å². The van der Waals surface area contributed by atoms with Crippen LogP contribution in [0.5, 0.6) is 5.75 Å². The number of hydrogen-bond donors (Lipinski definition) is 1. The normalized spacial score (nSPS) is 22.7. The van der Waals surface area contributed by atoms with E-state index in [9.17, 15) is 4.79 Å². The van der Waals surface area contributed by atoms with Gasteiger partial charge in [0.2, 0.25) is 0 Å². The summed E-state index contributed by atoms with van der Waals surface area (Å²) in [5.41, 5.74) is 1.09. The number of hydrogen-bond acceptors (Lipinski definition) is 2. The van der Waals surface area contributed by atoms with Crippen molar-refractivity contribution >= 4 is 5.91 Å². The van der Waals surface area contributed by atoms with E-state index >= 15 is 0 Å². The molecule has 1 aliphatic carbocycles. The molecule has 1 unspecified atom stereocenters. The van der Waals surface area contributed by atoms with Crippen molar-refractivity contribution in [3.63, 3.8) is 0 Å². The third kappa shape index (κ3) is 5.25. The van der Waals surface area contributed by atoms with E-state index in [1.165, 1.54) is 12.8 Å². The number of amides is 1.